The molecule has 0 rings (SSSR count). The van der Waals surface area contributed by atoms with Gasteiger partial charge in [-0.15, -0.1) is 0 Å². The number of carboxylic acids is 1. The van der Waals surface area contributed by atoms with Crippen LogP contribution in [-0.2, 0) is 4.79 Å². The summed E-state index contributed by atoms with van der Waals surface area (Å²) in [4.78, 5) is 10.0. The molecule has 0 saturated carbocycles. The third-order valence-electron chi connectivity index (χ3n) is 0.564. The molecule has 0 aliphatic rings. The van der Waals surface area contributed by atoms with Crippen LogP contribution in [0.15, 0.2) is 11.5 Å². The van der Waals surface area contributed by atoms with Crippen molar-refractivity contribution in [3.05, 3.63) is 11.5 Å². The maximum absolute atomic E-state index is 10.0. The highest BCUT2D eigenvalue weighted by Gasteiger charge is 2.09. The first-order valence-corrected chi connectivity index (χ1v) is 5.37. The lowest BCUT2D eigenvalue weighted by Crippen LogP contribution is -2.03. The SMILES string of the molecule is CC(C)(C)SSC=CC(=O)O. The van der Waals surface area contributed by atoms with Crippen LogP contribution in [0.4, 0.5) is 0 Å². The molecule has 0 amide bonds. The maximum Gasteiger partial charge on any atom is 0.328 e. The van der Waals surface area contributed by atoms with Crippen LogP contribution in [0.3, 0.4) is 0 Å². The van der Waals surface area contributed by atoms with E-state index in [0.29, 0.717) is 0 Å². The van der Waals surface area contributed by atoms with E-state index in [4.69, 9.17) is 5.11 Å². The molecule has 2 nitrogen and oxygen atoms in total. The van der Waals surface area contributed by atoms with Gasteiger partial charge in [0.05, 0.1) is 0 Å². The van der Waals surface area contributed by atoms with Crippen LogP contribution in [0.5, 0.6) is 0 Å². The molecule has 0 radical (unpaired) electrons. The van der Waals surface area contributed by atoms with Gasteiger partial charge in [-0.3, -0.25) is 0 Å². The van der Waals surface area contributed by atoms with Crippen molar-refractivity contribution >= 4 is 27.6 Å². The fourth-order valence-corrected chi connectivity index (χ4v) is 1.97. The van der Waals surface area contributed by atoms with Crippen molar-refractivity contribution in [3.63, 3.8) is 0 Å². The van der Waals surface area contributed by atoms with Gasteiger partial charge in [-0.05, 0) is 5.41 Å². The van der Waals surface area contributed by atoms with Crippen LogP contribution in [0.1, 0.15) is 20.8 Å². The molecule has 0 aliphatic carbocycles. The summed E-state index contributed by atoms with van der Waals surface area (Å²) in [5.41, 5.74) is 0. The first-order chi connectivity index (χ1) is 4.92. The maximum atomic E-state index is 10.0. The largest absolute Gasteiger partial charge is 0.478 e. The van der Waals surface area contributed by atoms with Crippen LogP contribution >= 0.6 is 21.6 Å². The zero-order valence-corrected chi connectivity index (χ0v) is 8.46. The summed E-state index contributed by atoms with van der Waals surface area (Å²) < 4.78 is 0.174. The minimum absolute atomic E-state index is 0.174. The van der Waals surface area contributed by atoms with Crippen molar-refractivity contribution in [1.29, 1.82) is 0 Å². The second-order valence-electron chi connectivity index (χ2n) is 2.93. The Kier molecular flexibility index (Phi) is 4.68. The van der Waals surface area contributed by atoms with E-state index < -0.39 is 5.97 Å². The second-order valence-corrected chi connectivity index (χ2v) is 5.87. The van der Waals surface area contributed by atoms with E-state index in [1.807, 2.05) is 0 Å². The zero-order valence-electron chi connectivity index (χ0n) is 6.83. The zero-order chi connectivity index (χ0) is 8.91. The van der Waals surface area contributed by atoms with Gasteiger partial charge in [0.25, 0.3) is 0 Å². The van der Waals surface area contributed by atoms with Crippen LogP contribution in [0.2, 0.25) is 0 Å². The van der Waals surface area contributed by atoms with Crippen molar-refractivity contribution in [2.45, 2.75) is 25.5 Å². The van der Waals surface area contributed by atoms with Gasteiger partial charge in [-0.25, -0.2) is 4.79 Å². The topological polar surface area (TPSA) is 37.3 Å². The quantitative estimate of drug-likeness (QED) is 0.551. The highest BCUT2D eigenvalue weighted by Crippen LogP contribution is 2.35. The Labute approximate surface area is 74.8 Å². The molecule has 1 N–H and O–H groups in total. The van der Waals surface area contributed by atoms with E-state index in [0.717, 1.165) is 6.08 Å². The number of aliphatic carboxylic acids is 1. The molecule has 0 fully saturated rings. The second kappa shape index (κ2) is 4.72. The van der Waals surface area contributed by atoms with Crippen LogP contribution in [0, 0.1) is 0 Å². The van der Waals surface area contributed by atoms with Gasteiger partial charge >= 0.3 is 5.97 Å². The first-order valence-electron chi connectivity index (χ1n) is 3.16. The number of rotatable bonds is 3. The van der Waals surface area contributed by atoms with Gasteiger partial charge < -0.3 is 5.11 Å². The van der Waals surface area contributed by atoms with Crippen LogP contribution in [-0.4, -0.2) is 15.8 Å². The molecule has 0 heterocycles. The minimum atomic E-state index is -0.896. The highest BCUT2D eigenvalue weighted by molar-refractivity contribution is 8.78. The standard InChI is InChI=1S/C7H12O2S2/c1-7(2,3)11-10-5-4-6(8)9/h4-5H,1-3H3,(H,8,9). The molecule has 64 valence electrons. The summed E-state index contributed by atoms with van der Waals surface area (Å²) >= 11 is 0. The van der Waals surface area contributed by atoms with Gasteiger partial charge in [0.1, 0.15) is 0 Å². The van der Waals surface area contributed by atoms with E-state index in [2.05, 4.69) is 20.8 Å². The lowest BCUT2D eigenvalue weighted by molar-refractivity contribution is -0.131. The average molecular weight is 192 g/mol. The minimum Gasteiger partial charge on any atom is -0.478 e. The lowest BCUT2D eigenvalue weighted by atomic mass is 10.3. The lowest BCUT2D eigenvalue weighted by Gasteiger charge is -2.14. The normalized spacial score (nSPS) is 12.3. The Morgan fingerprint density at radius 1 is 1.45 bits per heavy atom. The van der Waals surface area contributed by atoms with Crippen LogP contribution < -0.4 is 0 Å². The molecule has 0 aromatic carbocycles. The van der Waals surface area contributed by atoms with Crippen molar-refractivity contribution in [1.82, 2.24) is 0 Å². The summed E-state index contributed by atoms with van der Waals surface area (Å²) in [6.45, 7) is 6.25. The molecule has 0 aromatic rings. The summed E-state index contributed by atoms with van der Waals surface area (Å²) in [6.07, 6.45) is 1.14. The van der Waals surface area contributed by atoms with E-state index in [-0.39, 0.29) is 4.75 Å². The smallest absolute Gasteiger partial charge is 0.328 e. The van der Waals surface area contributed by atoms with Gasteiger partial charge in [0, 0.05) is 10.8 Å². The van der Waals surface area contributed by atoms with Crippen LogP contribution in [0.25, 0.3) is 0 Å². The molecule has 0 unspecified atom stereocenters. The van der Waals surface area contributed by atoms with Crippen molar-refractivity contribution < 1.29 is 9.90 Å². The van der Waals surface area contributed by atoms with E-state index in [9.17, 15) is 4.79 Å². The van der Waals surface area contributed by atoms with Gasteiger partial charge in [0.2, 0.25) is 0 Å². The molecule has 0 aromatic heterocycles. The summed E-state index contributed by atoms with van der Waals surface area (Å²) in [7, 11) is 3.09. The monoisotopic (exact) mass is 192 g/mol. The summed E-state index contributed by atoms with van der Waals surface area (Å²) in [5.74, 6) is -0.896. The molecule has 0 aliphatic heterocycles. The number of carboxylic acid groups (broad SMARTS) is 1. The molecular weight excluding hydrogens is 180 g/mol. The van der Waals surface area contributed by atoms with Gasteiger partial charge in [0.15, 0.2) is 0 Å². The first kappa shape index (κ1) is 10.9. The third-order valence-corrected chi connectivity index (χ3v) is 3.53. The van der Waals surface area contributed by atoms with Gasteiger partial charge in [-0.1, -0.05) is 42.4 Å². The van der Waals surface area contributed by atoms with Crippen molar-refractivity contribution in [3.8, 4) is 0 Å². The Morgan fingerprint density at radius 2 is 2.00 bits per heavy atom. The Morgan fingerprint density at radius 3 is 2.36 bits per heavy atom. The van der Waals surface area contributed by atoms with E-state index >= 15 is 0 Å². The van der Waals surface area contributed by atoms with Crippen molar-refractivity contribution in [2.75, 3.05) is 0 Å². The number of hydrogen-bond acceptors (Lipinski definition) is 3. The Hall–Kier alpha value is -0.0900. The summed E-state index contributed by atoms with van der Waals surface area (Å²) in [5, 5.41) is 9.82. The van der Waals surface area contributed by atoms with E-state index in [1.54, 1.807) is 16.2 Å². The average Bonchev–Trinajstić information content (AvgIpc) is 1.78. The molecule has 0 spiro atoms. The molecule has 0 bridgehead atoms. The highest BCUT2D eigenvalue weighted by atomic mass is 33.1. The predicted octanol–water partition coefficient (Wildman–Crippen LogP) is 2.76. The molecule has 11 heavy (non-hydrogen) atoms. The molecular formula is C7H12O2S2. The van der Waals surface area contributed by atoms with E-state index in [1.165, 1.54) is 10.8 Å². The fraction of sp³-hybridized carbons (Fsp3) is 0.571. The number of hydrogen-bond donors (Lipinski definition) is 1. The third kappa shape index (κ3) is 9.91. The molecule has 0 saturated heterocycles. The summed E-state index contributed by atoms with van der Waals surface area (Å²) in [6, 6.07) is 0. The molecule has 4 heteroatoms. The van der Waals surface area contributed by atoms with Crippen molar-refractivity contribution in [2.24, 2.45) is 0 Å². The molecule has 0 atom stereocenters. The fourth-order valence-electron chi connectivity index (χ4n) is 0.258. The number of carbonyl (C=O) groups is 1. The Balaban J connectivity index is 3.50. The predicted molar refractivity (Wildman–Crippen MR) is 51.7 cm³/mol. The Bertz CT molecular complexity index is 158. The van der Waals surface area contributed by atoms with Gasteiger partial charge in [-0.2, -0.15) is 0 Å².